The van der Waals surface area contributed by atoms with Crippen LogP contribution >= 0.6 is 0 Å². The highest BCUT2D eigenvalue weighted by Crippen LogP contribution is 2.22. The van der Waals surface area contributed by atoms with E-state index in [2.05, 4.69) is 5.32 Å². The molecule has 0 radical (unpaired) electrons. The summed E-state index contributed by atoms with van der Waals surface area (Å²) < 4.78 is 15.3. The van der Waals surface area contributed by atoms with Gasteiger partial charge in [0.15, 0.2) is 0 Å². The molecule has 1 heterocycles. The third kappa shape index (κ3) is 7.14. The molecular weight excluding hydrogens is 376 g/mol. The zero-order valence-corrected chi connectivity index (χ0v) is 17.3. The molecule has 1 N–H and O–H groups in total. The number of esters is 1. The van der Waals surface area contributed by atoms with Crippen molar-refractivity contribution < 1.29 is 28.6 Å². The number of carbonyl (C=O) groups is 3. The van der Waals surface area contributed by atoms with Gasteiger partial charge < -0.3 is 19.1 Å². The molecule has 0 saturated carbocycles. The van der Waals surface area contributed by atoms with Crippen molar-refractivity contribution in [2.75, 3.05) is 13.7 Å². The first-order valence-electron chi connectivity index (χ1n) is 9.47. The summed E-state index contributed by atoms with van der Waals surface area (Å²) in [7, 11) is 1.22. The number of carbonyl (C=O) groups excluding carboxylic acids is 3. The highest BCUT2D eigenvalue weighted by atomic mass is 16.6. The lowest BCUT2D eigenvalue weighted by Gasteiger charge is -2.27. The number of alkyl carbamates (subject to hydrolysis) is 1. The molecular formula is C21H28N2O6. The van der Waals surface area contributed by atoms with E-state index in [1.807, 2.05) is 30.3 Å². The Bertz CT molecular complexity index is 754. The van der Waals surface area contributed by atoms with Gasteiger partial charge in [0, 0.05) is 6.54 Å². The van der Waals surface area contributed by atoms with Gasteiger partial charge in [-0.15, -0.1) is 0 Å². The van der Waals surface area contributed by atoms with Gasteiger partial charge in [-0.05, 0) is 45.3 Å². The molecule has 2 amide bonds. The lowest BCUT2D eigenvalue weighted by molar-refractivity contribution is -0.136. The zero-order chi connectivity index (χ0) is 21.4. The molecule has 1 saturated heterocycles. The summed E-state index contributed by atoms with van der Waals surface area (Å²) in [6.07, 6.45) is 1.65. The van der Waals surface area contributed by atoms with E-state index in [0.29, 0.717) is 13.0 Å². The molecule has 8 nitrogen and oxygen atoms in total. The largest absolute Gasteiger partial charge is 0.464 e. The maximum atomic E-state index is 12.4. The molecule has 1 atom stereocenters. The maximum absolute atomic E-state index is 12.4. The smallest absolute Gasteiger partial charge is 0.412 e. The number of likely N-dealkylation sites (tertiary alicyclic amines) is 1. The SMILES string of the molecule is COC(=O)/C(=C\[C@@H]1CCCN1C(=O)OC(C)(C)C)NC(=O)OCc1ccccc1. The van der Waals surface area contributed by atoms with Gasteiger partial charge in [-0.1, -0.05) is 30.3 Å². The van der Waals surface area contributed by atoms with Crippen LogP contribution in [-0.2, 0) is 25.6 Å². The van der Waals surface area contributed by atoms with Crippen LogP contribution in [0.15, 0.2) is 42.1 Å². The third-order valence-electron chi connectivity index (χ3n) is 4.14. The van der Waals surface area contributed by atoms with Crippen molar-refractivity contribution in [3.8, 4) is 0 Å². The van der Waals surface area contributed by atoms with Gasteiger partial charge >= 0.3 is 18.2 Å². The minimum atomic E-state index is -0.785. The predicted octanol–water partition coefficient (Wildman–Crippen LogP) is 3.37. The summed E-state index contributed by atoms with van der Waals surface area (Å²) in [6, 6.07) is 8.78. The summed E-state index contributed by atoms with van der Waals surface area (Å²) >= 11 is 0. The van der Waals surface area contributed by atoms with Crippen LogP contribution in [0.3, 0.4) is 0 Å². The number of hydrogen-bond acceptors (Lipinski definition) is 6. The molecule has 0 unspecified atom stereocenters. The highest BCUT2D eigenvalue weighted by Gasteiger charge is 2.32. The van der Waals surface area contributed by atoms with Crippen LogP contribution in [0.2, 0.25) is 0 Å². The molecule has 158 valence electrons. The van der Waals surface area contributed by atoms with Gasteiger partial charge in [-0.25, -0.2) is 14.4 Å². The van der Waals surface area contributed by atoms with Gasteiger partial charge in [-0.2, -0.15) is 0 Å². The van der Waals surface area contributed by atoms with E-state index in [4.69, 9.17) is 14.2 Å². The normalized spacial score (nSPS) is 16.9. The number of ether oxygens (including phenoxy) is 3. The van der Waals surface area contributed by atoms with Gasteiger partial charge in [0.1, 0.15) is 17.9 Å². The highest BCUT2D eigenvalue weighted by molar-refractivity contribution is 5.92. The van der Waals surface area contributed by atoms with Crippen LogP contribution in [0.4, 0.5) is 9.59 Å². The van der Waals surface area contributed by atoms with Gasteiger partial charge in [0.25, 0.3) is 0 Å². The zero-order valence-electron chi connectivity index (χ0n) is 17.3. The van der Waals surface area contributed by atoms with Crippen LogP contribution in [0.1, 0.15) is 39.2 Å². The maximum Gasteiger partial charge on any atom is 0.412 e. The number of nitrogens with zero attached hydrogens (tertiary/aromatic N) is 1. The number of nitrogens with one attached hydrogen (secondary N) is 1. The van der Waals surface area contributed by atoms with Crippen molar-refractivity contribution in [2.24, 2.45) is 0 Å². The Hall–Kier alpha value is -3.03. The van der Waals surface area contributed by atoms with Crippen LogP contribution in [0.25, 0.3) is 0 Å². The van der Waals surface area contributed by atoms with E-state index >= 15 is 0 Å². The van der Waals surface area contributed by atoms with E-state index in [-0.39, 0.29) is 12.3 Å². The Morgan fingerprint density at radius 2 is 1.90 bits per heavy atom. The summed E-state index contributed by atoms with van der Waals surface area (Å²) in [4.78, 5) is 38.2. The average molecular weight is 404 g/mol. The molecule has 8 heteroatoms. The second-order valence-corrected chi connectivity index (χ2v) is 7.64. The lowest BCUT2D eigenvalue weighted by Crippen LogP contribution is -2.40. The van der Waals surface area contributed by atoms with Crippen LogP contribution < -0.4 is 5.32 Å². The molecule has 2 rings (SSSR count). The Balaban J connectivity index is 2.06. The monoisotopic (exact) mass is 404 g/mol. The number of amides is 2. The topological polar surface area (TPSA) is 94.2 Å². The Morgan fingerprint density at radius 3 is 2.52 bits per heavy atom. The fourth-order valence-electron chi connectivity index (χ4n) is 2.85. The quantitative estimate of drug-likeness (QED) is 0.459. The van der Waals surface area contributed by atoms with Gasteiger partial charge in [0.05, 0.1) is 13.2 Å². The van der Waals surface area contributed by atoms with Crippen molar-refractivity contribution in [2.45, 2.75) is 51.9 Å². The first kappa shape index (κ1) is 22.3. The Kier molecular flexibility index (Phi) is 7.64. The van der Waals surface area contributed by atoms with Crippen molar-refractivity contribution in [1.82, 2.24) is 10.2 Å². The Labute approximate surface area is 170 Å². The summed E-state index contributed by atoms with van der Waals surface area (Å²) in [5, 5.41) is 2.42. The molecule has 1 fully saturated rings. The van der Waals surface area contributed by atoms with E-state index < -0.39 is 29.8 Å². The van der Waals surface area contributed by atoms with Gasteiger partial charge in [0.2, 0.25) is 0 Å². The number of rotatable bonds is 5. The van der Waals surface area contributed by atoms with E-state index in [1.165, 1.54) is 18.1 Å². The van der Waals surface area contributed by atoms with Crippen molar-refractivity contribution in [3.63, 3.8) is 0 Å². The fourth-order valence-corrected chi connectivity index (χ4v) is 2.85. The van der Waals surface area contributed by atoms with E-state index in [9.17, 15) is 14.4 Å². The third-order valence-corrected chi connectivity index (χ3v) is 4.14. The van der Waals surface area contributed by atoms with E-state index in [1.54, 1.807) is 20.8 Å². The number of methoxy groups -OCH3 is 1. The summed E-state index contributed by atoms with van der Waals surface area (Å²) in [5.41, 5.74) is 0.114. The molecule has 1 aliphatic rings. The summed E-state index contributed by atoms with van der Waals surface area (Å²) in [5.74, 6) is -0.724. The fraction of sp³-hybridized carbons (Fsp3) is 0.476. The lowest BCUT2D eigenvalue weighted by atomic mass is 10.2. The summed E-state index contributed by atoms with van der Waals surface area (Å²) in [6.45, 7) is 5.93. The number of benzene rings is 1. The minimum absolute atomic E-state index is 0.0641. The number of hydrogen-bond donors (Lipinski definition) is 1. The molecule has 29 heavy (non-hydrogen) atoms. The molecule has 0 spiro atoms. The predicted molar refractivity (Wildman–Crippen MR) is 106 cm³/mol. The molecule has 1 aromatic carbocycles. The molecule has 0 bridgehead atoms. The molecule has 0 aromatic heterocycles. The Morgan fingerprint density at radius 1 is 1.21 bits per heavy atom. The average Bonchev–Trinajstić information content (AvgIpc) is 3.13. The van der Waals surface area contributed by atoms with Gasteiger partial charge in [-0.3, -0.25) is 5.32 Å². The second-order valence-electron chi connectivity index (χ2n) is 7.64. The van der Waals surface area contributed by atoms with Crippen LogP contribution in [0.5, 0.6) is 0 Å². The molecule has 1 aromatic rings. The van der Waals surface area contributed by atoms with Crippen molar-refractivity contribution in [3.05, 3.63) is 47.7 Å². The first-order chi connectivity index (χ1) is 13.7. The molecule has 0 aliphatic carbocycles. The van der Waals surface area contributed by atoms with Crippen LogP contribution in [0, 0.1) is 0 Å². The second kappa shape index (κ2) is 9.95. The standard InChI is InChI=1S/C21H28N2O6/c1-21(2,3)29-20(26)23-12-8-11-16(23)13-17(18(24)27-4)22-19(25)28-14-15-9-6-5-7-10-15/h5-7,9-10,13,16H,8,11-12,14H2,1-4H3,(H,22,25)/b17-13+/t16-/m0/s1. The van der Waals surface area contributed by atoms with Crippen LogP contribution in [-0.4, -0.2) is 48.4 Å². The first-order valence-corrected chi connectivity index (χ1v) is 9.47. The molecule has 1 aliphatic heterocycles. The van der Waals surface area contributed by atoms with Crippen molar-refractivity contribution in [1.29, 1.82) is 0 Å². The van der Waals surface area contributed by atoms with Crippen molar-refractivity contribution >= 4 is 18.2 Å². The van der Waals surface area contributed by atoms with E-state index in [0.717, 1.165) is 12.0 Å². The minimum Gasteiger partial charge on any atom is -0.464 e.